The molecular formula is C32H30N6O2. The lowest BCUT2D eigenvalue weighted by molar-refractivity contribution is -0.132. The van der Waals surface area contributed by atoms with Gasteiger partial charge in [0.05, 0.1) is 23.4 Å². The van der Waals surface area contributed by atoms with E-state index in [4.69, 9.17) is 4.98 Å². The number of aromatic nitrogens is 5. The van der Waals surface area contributed by atoms with Gasteiger partial charge in [0.2, 0.25) is 5.91 Å². The van der Waals surface area contributed by atoms with Crippen LogP contribution in [-0.2, 0) is 30.6 Å². The molecular weight excluding hydrogens is 500 g/mol. The molecule has 0 spiro atoms. The molecule has 4 heterocycles. The van der Waals surface area contributed by atoms with E-state index < -0.39 is 0 Å². The zero-order valence-corrected chi connectivity index (χ0v) is 22.3. The van der Waals surface area contributed by atoms with Crippen molar-refractivity contribution in [2.75, 3.05) is 6.54 Å². The topological polar surface area (TPSA) is 114 Å². The monoisotopic (exact) mass is 530 g/mol. The predicted molar refractivity (Wildman–Crippen MR) is 156 cm³/mol. The Kier molecular flexibility index (Phi) is 5.88. The molecule has 0 radical (unpaired) electrons. The number of phenols is 1. The van der Waals surface area contributed by atoms with Crippen molar-refractivity contribution in [1.29, 1.82) is 0 Å². The van der Waals surface area contributed by atoms with Gasteiger partial charge in [-0.1, -0.05) is 37.3 Å². The molecule has 1 amide bonds. The van der Waals surface area contributed by atoms with Crippen LogP contribution in [0.3, 0.4) is 0 Å². The molecule has 3 aromatic heterocycles. The summed E-state index contributed by atoms with van der Waals surface area (Å²) in [6.45, 7) is 3.28. The largest absolute Gasteiger partial charge is 0.508 e. The number of H-pyrrole nitrogens is 3. The number of imidazole rings is 1. The second-order valence-corrected chi connectivity index (χ2v) is 10.5. The molecule has 0 atom stereocenters. The van der Waals surface area contributed by atoms with Gasteiger partial charge in [0.15, 0.2) is 5.82 Å². The molecule has 0 saturated carbocycles. The Morgan fingerprint density at radius 3 is 2.83 bits per heavy atom. The first-order chi connectivity index (χ1) is 19.6. The number of fused-ring (bicyclic) bond motifs is 3. The van der Waals surface area contributed by atoms with Crippen molar-refractivity contribution >= 4 is 27.7 Å². The van der Waals surface area contributed by atoms with E-state index in [1.165, 1.54) is 10.9 Å². The van der Waals surface area contributed by atoms with Crippen LogP contribution in [0.1, 0.15) is 35.9 Å². The van der Waals surface area contributed by atoms with Gasteiger partial charge in [-0.2, -0.15) is 5.10 Å². The maximum atomic E-state index is 13.1. The summed E-state index contributed by atoms with van der Waals surface area (Å²) < 4.78 is 0. The van der Waals surface area contributed by atoms with E-state index in [0.29, 0.717) is 25.9 Å². The first kappa shape index (κ1) is 24.2. The number of nitrogens with one attached hydrogen (secondary N) is 3. The molecule has 8 nitrogen and oxygen atoms in total. The van der Waals surface area contributed by atoms with Crippen LogP contribution in [0.25, 0.3) is 44.5 Å². The summed E-state index contributed by atoms with van der Waals surface area (Å²) in [6.07, 6.45) is 4.75. The third kappa shape index (κ3) is 4.22. The van der Waals surface area contributed by atoms with E-state index in [0.717, 1.165) is 68.9 Å². The van der Waals surface area contributed by atoms with E-state index in [1.807, 2.05) is 35.4 Å². The second kappa shape index (κ2) is 9.72. The number of amides is 1. The minimum atomic E-state index is 0.158. The minimum Gasteiger partial charge on any atom is -0.508 e. The summed E-state index contributed by atoms with van der Waals surface area (Å²) in [5.74, 6) is 1.16. The van der Waals surface area contributed by atoms with Gasteiger partial charge in [-0.3, -0.25) is 9.89 Å². The maximum Gasteiger partial charge on any atom is 0.223 e. The Morgan fingerprint density at radius 2 is 1.93 bits per heavy atom. The summed E-state index contributed by atoms with van der Waals surface area (Å²) in [7, 11) is 0. The predicted octanol–water partition coefficient (Wildman–Crippen LogP) is 5.89. The fraction of sp³-hybridized carbons (Fsp3) is 0.219. The number of aryl methyl sites for hydroxylation is 2. The maximum absolute atomic E-state index is 13.1. The molecule has 1 aliphatic rings. The third-order valence-electron chi connectivity index (χ3n) is 8.04. The van der Waals surface area contributed by atoms with Crippen molar-refractivity contribution in [3.63, 3.8) is 0 Å². The summed E-state index contributed by atoms with van der Waals surface area (Å²) in [5.41, 5.74) is 9.22. The standard InChI is InChI=1S/C32H30N6O2/c1-2-19-15-22(39)9-11-23(19)20-7-10-25-28(16-20)36-37-31(25)32-34-27-13-14-38(18-29(27)35-32)30(40)12-8-21-17-33-26-6-4-3-5-24(21)26/h3-7,9-11,15-17,33,39H,2,8,12-14,18H2,1H3,(H,34,35)(H,36,37). The van der Waals surface area contributed by atoms with E-state index in [2.05, 4.69) is 57.4 Å². The van der Waals surface area contributed by atoms with E-state index >= 15 is 0 Å². The lowest BCUT2D eigenvalue weighted by Gasteiger charge is -2.26. The average Bonchev–Trinajstić information content (AvgIpc) is 3.71. The number of carbonyl (C=O) groups is 1. The van der Waals surface area contributed by atoms with Crippen molar-refractivity contribution in [1.82, 2.24) is 30.0 Å². The van der Waals surface area contributed by atoms with Crippen LogP contribution in [-0.4, -0.2) is 47.6 Å². The second-order valence-electron chi connectivity index (χ2n) is 10.5. The fourth-order valence-electron chi connectivity index (χ4n) is 5.88. The number of hydrogen-bond donors (Lipinski definition) is 4. The normalized spacial score (nSPS) is 13.3. The molecule has 0 unspecified atom stereocenters. The SMILES string of the molecule is CCc1cc(O)ccc1-c1ccc2c(-c3nc4c([nH]3)CN(C(=O)CCc3c[nH]c5ccccc35)CC4)n[nH]c2c1. The van der Waals surface area contributed by atoms with Gasteiger partial charge in [0, 0.05) is 41.9 Å². The highest BCUT2D eigenvalue weighted by Crippen LogP contribution is 2.33. The molecule has 6 aromatic rings. The molecule has 40 heavy (non-hydrogen) atoms. The Hall–Kier alpha value is -4.85. The van der Waals surface area contributed by atoms with Crippen molar-refractivity contribution in [3.05, 3.63) is 89.4 Å². The van der Waals surface area contributed by atoms with Gasteiger partial charge in [-0.05, 0) is 65.4 Å². The Bertz CT molecular complexity index is 1880. The number of hydrogen-bond acceptors (Lipinski definition) is 4. The molecule has 0 fully saturated rings. The minimum absolute atomic E-state index is 0.158. The molecule has 8 heteroatoms. The number of para-hydroxylation sites is 1. The molecule has 7 rings (SSSR count). The summed E-state index contributed by atoms with van der Waals surface area (Å²) in [6, 6.07) is 19.9. The van der Waals surface area contributed by atoms with Crippen molar-refractivity contribution < 1.29 is 9.90 Å². The molecule has 200 valence electrons. The van der Waals surface area contributed by atoms with Crippen LogP contribution >= 0.6 is 0 Å². The smallest absolute Gasteiger partial charge is 0.223 e. The molecule has 0 aliphatic carbocycles. The average molecular weight is 531 g/mol. The molecule has 0 saturated heterocycles. The van der Waals surface area contributed by atoms with Gasteiger partial charge in [-0.25, -0.2) is 4.98 Å². The molecule has 3 aromatic carbocycles. The van der Waals surface area contributed by atoms with Crippen molar-refractivity contribution in [2.45, 2.75) is 39.2 Å². The Labute approximate surface area is 231 Å². The highest BCUT2D eigenvalue weighted by atomic mass is 16.3. The van der Waals surface area contributed by atoms with E-state index in [-0.39, 0.29) is 11.7 Å². The van der Waals surface area contributed by atoms with Gasteiger partial charge in [-0.15, -0.1) is 0 Å². The van der Waals surface area contributed by atoms with Gasteiger partial charge in [0.25, 0.3) is 0 Å². The van der Waals surface area contributed by atoms with Crippen LogP contribution in [0.15, 0.2) is 66.9 Å². The summed E-state index contributed by atoms with van der Waals surface area (Å²) in [5, 5.41) is 19.8. The van der Waals surface area contributed by atoms with Crippen LogP contribution < -0.4 is 0 Å². The Morgan fingerprint density at radius 1 is 1.02 bits per heavy atom. The highest BCUT2D eigenvalue weighted by molar-refractivity contribution is 5.94. The zero-order chi connectivity index (χ0) is 27.2. The molecule has 0 bridgehead atoms. The van der Waals surface area contributed by atoms with Crippen LogP contribution in [0.4, 0.5) is 0 Å². The zero-order valence-electron chi connectivity index (χ0n) is 22.3. The number of aromatic hydroxyl groups is 1. The van der Waals surface area contributed by atoms with Crippen molar-refractivity contribution in [3.8, 4) is 28.4 Å². The van der Waals surface area contributed by atoms with Crippen LogP contribution in [0.2, 0.25) is 0 Å². The number of carbonyl (C=O) groups excluding carboxylic acids is 1. The molecule has 4 N–H and O–H groups in total. The molecule has 1 aliphatic heterocycles. The summed E-state index contributed by atoms with van der Waals surface area (Å²) >= 11 is 0. The van der Waals surface area contributed by atoms with Gasteiger partial charge < -0.3 is 20.0 Å². The van der Waals surface area contributed by atoms with E-state index in [9.17, 15) is 9.90 Å². The van der Waals surface area contributed by atoms with Gasteiger partial charge in [0.1, 0.15) is 11.4 Å². The Balaban J connectivity index is 1.09. The summed E-state index contributed by atoms with van der Waals surface area (Å²) in [4.78, 5) is 26.7. The third-order valence-corrected chi connectivity index (χ3v) is 8.04. The van der Waals surface area contributed by atoms with Gasteiger partial charge >= 0.3 is 0 Å². The lowest BCUT2D eigenvalue weighted by atomic mass is 9.97. The number of phenolic OH excluding ortho intramolecular Hbond substituents is 1. The van der Waals surface area contributed by atoms with Crippen LogP contribution in [0.5, 0.6) is 5.75 Å². The number of rotatable bonds is 6. The fourth-order valence-corrected chi connectivity index (χ4v) is 5.88. The number of benzene rings is 3. The number of aromatic amines is 3. The first-order valence-corrected chi connectivity index (χ1v) is 13.8. The quantitative estimate of drug-likeness (QED) is 0.215. The van der Waals surface area contributed by atoms with Crippen LogP contribution in [0, 0.1) is 0 Å². The highest BCUT2D eigenvalue weighted by Gasteiger charge is 2.25. The number of nitrogens with zero attached hydrogens (tertiary/aromatic N) is 3. The lowest BCUT2D eigenvalue weighted by Crippen LogP contribution is -2.36. The van der Waals surface area contributed by atoms with Crippen molar-refractivity contribution in [2.24, 2.45) is 0 Å². The first-order valence-electron chi connectivity index (χ1n) is 13.8. The van der Waals surface area contributed by atoms with E-state index in [1.54, 1.807) is 6.07 Å².